The molecular formula is C18H29NS. The second-order valence-electron chi connectivity index (χ2n) is 6.30. The first-order valence-electron chi connectivity index (χ1n) is 8.01. The van der Waals surface area contributed by atoms with Crippen LogP contribution in [0.15, 0.2) is 24.3 Å². The van der Waals surface area contributed by atoms with Crippen LogP contribution in [0.2, 0.25) is 0 Å². The fraction of sp³-hybridized carbons (Fsp3) is 0.667. The van der Waals surface area contributed by atoms with Gasteiger partial charge >= 0.3 is 0 Å². The maximum absolute atomic E-state index is 3.84. The van der Waals surface area contributed by atoms with Crippen LogP contribution >= 0.6 is 11.8 Å². The molecule has 1 atom stereocenters. The summed E-state index contributed by atoms with van der Waals surface area (Å²) >= 11 is 2.05. The molecule has 1 aromatic rings. The minimum Gasteiger partial charge on any atom is -0.311 e. The highest BCUT2D eigenvalue weighted by Crippen LogP contribution is 2.27. The maximum Gasteiger partial charge on any atom is 0.00703 e. The summed E-state index contributed by atoms with van der Waals surface area (Å²) in [4.78, 5) is 0. The number of benzene rings is 1. The van der Waals surface area contributed by atoms with E-state index in [9.17, 15) is 0 Å². The van der Waals surface area contributed by atoms with Crippen molar-refractivity contribution in [1.29, 1.82) is 0 Å². The van der Waals surface area contributed by atoms with Gasteiger partial charge in [0.25, 0.3) is 0 Å². The number of hydrogen-bond donors (Lipinski definition) is 1. The van der Waals surface area contributed by atoms with Crippen LogP contribution < -0.4 is 5.32 Å². The first-order valence-corrected chi connectivity index (χ1v) is 9.30. The molecular weight excluding hydrogens is 262 g/mol. The van der Waals surface area contributed by atoms with Crippen LogP contribution in [-0.2, 0) is 6.42 Å². The molecule has 1 N–H and O–H groups in total. The predicted octanol–water partition coefficient (Wildman–Crippen LogP) is 4.58. The number of rotatable bonds is 6. The van der Waals surface area contributed by atoms with E-state index in [1.54, 1.807) is 0 Å². The smallest absolute Gasteiger partial charge is 0.00703 e. The third-order valence-corrected chi connectivity index (χ3v) is 5.61. The summed E-state index contributed by atoms with van der Waals surface area (Å²) < 4.78 is 0. The van der Waals surface area contributed by atoms with E-state index < -0.39 is 0 Å². The zero-order chi connectivity index (χ0) is 14.4. The fourth-order valence-corrected chi connectivity index (χ4v) is 3.95. The lowest BCUT2D eigenvalue weighted by Crippen LogP contribution is -2.39. The molecule has 0 aliphatic heterocycles. The van der Waals surface area contributed by atoms with Crippen molar-refractivity contribution < 1.29 is 0 Å². The van der Waals surface area contributed by atoms with E-state index in [0.717, 1.165) is 11.3 Å². The van der Waals surface area contributed by atoms with Crippen molar-refractivity contribution in [3.8, 4) is 0 Å². The Bertz CT molecular complexity index is 396. The number of thioether (sulfide) groups is 1. The Morgan fingerprint density at radius 1 is 1.25 bits per heavy atom. The summed E-state index contributed by atoms with van der Waals surface area (Å²) in [5, 5.41) is 4.75. The van der Waals surface area contributed by atoms with Gasteiger partial charge in [0.05, 0.1) is 0 Å². The molecule has 112 valence electrons. The summed E-state index contributed by atoms with van der Waals surface area (Å²) in [6, 6.07) is 10.3. The lowest BCUT2D eigenvalue weighted by Gasteiger charge is -2.30. The fourth-order valence-electron chi connectivity index (χ4n) is 3.20. The largest absolute Gasteiger partial charge is 0.311 e. The molecule has 0 saturated heterocycles. The normalized spacial score (nSPS) is 24.6. The van der Waals surface area contributed by atoms with Crippen LogP contribution in [-0.4, -0.2) is 23.6 Å². The van der Waals surface area contributed by atoms with Gasteiger partial charge < -0.3 is 5.32 Å². The van der Waals surface area contributed by atoms with Crippen LogP contribution in [0.25, 0.3) is 0 Å². The first kappa shape index (κ1) is 15.9. The van der Waals surface area contributed by atoms with Gasteiger partial charge in [0.1, 0.15) is 0 Å². The highest BCUT2D eigenvalue weighted by atomic mass is 32.2. The van der Waals surface area contributed by atoms with Crippen molar-refractivity contribution in [1.82, 2.24) is 5.32 Å². The minimum absolute atomic E-state index is 0.631. The van der Waals surface area contributed by atoms with Crippen molar-refractivity contribution in [2.75, 3.05) is 6.26 Å². The third-order valence-electron chi connectivity index (χ3n) is 4.48. The molecule has 0 aromatic heterocycles. The Kier molecular flexibility index (Phi) is 6.44. The van der Waals surface area contributed by atoms with Crippen LogP contribution in [0.3, 0.4) is 0 Å². The molecule has 1 aromatic carbocycles. The number of nitrogens with one attached hydrogen (secondary N) is 1. The van der Waals surface area contributed by atoms with E-state index in [1.165, 1.54) is 49.7 Å². The standard InChI is InChI=1S/C18H29NS/c1-14-5-4-6-16(13-14)8-7-15(2)19-17-9-11-18(20-3)12-10-17/h4-6,13,15,17-19H,7-12H2,1-3H3. The molecule has 0 bridgehead atoms. The Morgan fingerprint density at radius 3 is 2.65 bits per heavy atom. The molecule has 0 amide bonds. The Balaban J connectivity index is 1.69. The average Bonchev–Trinajstić information content (AvgIpc) is 2.46. The molecule has 0 radical (unpaired) electrons. The third kappa shape index (κ3) is 5.14. The summed E-state index contributed by atoms with van der Waals surface area (Å²) in [7, 11) is 0. The second kappa shape index (κ2) is 8.09. The Hall–Kier alpha value is -0.470. The van der Waals surface area contributed by atoms with Crippen LogP contribution in [0.4, 0.5) is 0 Å². The Morgan fingerprint density at radius 2 is 2.00 bits per heavy atom. The van der Waals surface area contributed by atoms with Crippen LogP contribution in [0.1, 0.15) is 50.2 Å². The van der Waals surface area contributed by atoms with Gasteiger partial charge in [-0.25, -0.2) is 0 Å². The van der Waals surface area contributed by atoms with Crippen molar-refractivity contribution in [3.05, 3.63) is 35.4 Å². The van der Waals surface area contributed by atoms with E-state index in [0.29, 0.717) is 6.04 Å². The van der Waals surface area contributed by atoms with Crippen molar-refractivity contribution in [3.63, 3.8) is 0 Å². The molecule has 20 heavy (non-hydrogen) atoms. The quantitative estimate of drug-likeness (QED) is 0.823. The molecule has 1 saturated carbocycles. The minimum atomic E-state index is 0.631. The first-order chi connectivity index (χ1) is 9.67. The average molecular weight is 292 g/mol. The van der Waals surface area contributed by atoms with Gasteiger partial charge in [0, 0.05) is 17.3 Å². The predicted molar refractivity (Wildman–Crippen MR) is 91.7 cm³/mol. The highest BCUT2D eigenvalue weighted by Gasteiger charge is 2.21. The lowest BCUT2D eigenvalue weighted by molar-refractivity contribution is 0.341. The zero-order valence-corrected chi connectivity index (χ0v) is 14.0. The maximum atomic E-state index is 3.84. The molecule has 1 fully saturated rings. The van der Waals surface area contributed by atoms with Gasteiger partial charge in [-0.15, -0.1) is 0 Å². The molecule has 2 rings (SSSR count). The number of aryl methyl sites for hydroxylation is 2. The lowest BCUT2D eigenvalue weighted by atomic mass is 9.94. The van der Waals surface area contributed by atoms with E-state index in [2.05, 4.69) is 49.7 Å². The SMILES string of the molecule is CSC1CCC(NC(C)CCc2cccc(C)c2)CC1. The summed E-state index contributed by atoms with van der Waals surface area (Å²) in [5.41, 5.74) is 2.85. The molecule has 1 nitrogen and oxygen atoms in total. The zero-order valence-electron chi connectivity index (χ0n) is 13.2. The van der Waals surface area contributed by atoms with Crippen molar-refractivity contribution in [2.24, 2.45) is 0 Å². The molecule has 2 heteroatoms. The van der Waals surface area contributed by atoms with Gasteiger partial charge in [-0.05, 0) is 64.2 Å². The highest BCUT2D eigenvalue weighted by molar-refractivity contribution is 7.99. The summed E-state index contributed by atoms with van der Waals surface area (Å²) in [6.45, 7) is 4.52. The van der Waals surface area contributed by atoms with E-state index in [-0.39, 0.29) is 0 Å². The topological polar surface area (TPSA) is 12.0 Å². The number of hydrogen-bond acceptors (Lipinski definition) is 2. The van der Waals surface area contributed by atoms with E-state index >= 15 is 0 Å². The molecule has 0 heterocycles. The van der Waals surface area contributed by atoms with Gasteiger partial charge in [-0.3, -0.25) is 0 Å². The Labute approximate surface area is 128 Å². The molecule has 1 unspecified atom stereocenters. The summed E-state index contributed by atoms with van der Waals surface area (Å²) in [5.74, 6) is 0. The van der Waals surface area contributed by atoms with Gasteiger partial charge in [-0.1, -0.05) is 29.8 Å². The van der Waals surface area contributed by atoms with E-state index in [4.69, 9.17) is 0 Å². The second-order valence-corrected chi connectivity index (χ2v) is 7.44. The molecule has 1 aliphatic carbocycles. The van der Waals surface area contributed by atoms with Gasteiger partial charge in [0.15, 0.2) is 0 Å². The van der Waals surface area contributed by atoms with Gasteiger partial charge in [-0.2, -0.15) is 11.8 Å². The molecule has 1 aliphatic rings. The van der Waals surface area contributed by atoms with Crippen LogP contribution in [0, 0.1) is 6.92 Å². The van der Waals surface area contributed by atoms with Gasteiger partial charge in [0.2, 0.25) is 0 Å². The summed E-state index contributed by atoms with van der Waals surface area (Å²) in [6.07, 6.45) is 10.2. The molecule has 0 spiro atoms. The van der Waals surface area contributed by atoms with Crippen molar-refractivity contribution in [2.45, 2.75) is 69.7 Å². The van der Waals surface area contributed by atoms with Crippen molar-refractivity contribution >= 4 is 11.8 Å². The monoisotopic (exact) mass is 291 g/mol. The van der Waals surface area contributed by atoms with Crippen LogP contribution in [0.5, 0.6) is 0 Å². The van der Waals surface area contributed by atoms with E-state index in [1.807, 2.05) is 11.8 Å².